The average Bonchev–Trinajstić information content (AvgIpc) is 3.19. The van der Waals surface area contributed by atoms with Crippen molar-refractivity contribution >= 4 is 5.97 Å². The van der Waals surface area contributed by atoms with Crippen LogP contribution in [0, 0.1) is 11.3 Å². The molecule has 0 bridgehead atoms. The molecule has 4 rings (SSSR count). The molecular weight excluding hydrogens is 314 g/mol. The summed E-state index contributed by atoms with van der Waals surface area (Å²) in [7, 11) is 1.94. The molecule has 1 saturated heterocycles. The fraction of sp³-hybridized carbons (Fsp3) is 0.500. The number of fused-ring (bicyclic) bond motifs is 1. The second-order valence-corrected chi connectivity index (χ2v) is 7.66. The summed E-state index contributed by atoms with van der Waals surface area (Å²) in [6.07, 6.45) is 4.51. The maximum atomic E-state index is 12.2. The lowest BCUT2D eigenvalue weighted by molar-refractivity contribution is -0.152. The molecule has 5 nitrogen and oxygen atoms in total. The van der Waals surface area contributed by atoms with Crippen LogP contribution in [0.1, 0.15) is 36.4 Å². The number of aryl methyl sites for hydroxylation is 1. The number of likely N-dealkylation sites (tertiary alicyclic amines) is 1. The van der Waals surface area contributed by atoms with E-state index in [0.717, 1.165) is 38.0 Å². The van der Waals surface area contributed by atoms with Crippen molar-refractivity contribution in [1.29, 1.82) is 0 Å². The quantitative estimate of drug-likeness (QED) is 0.930. The van der Waals surface area contributed by atoms with Crippen LogP contribution < -0.4 is 0 Å². The summed E-state index contributed by atoms with van der Waals surface area (Å²) in [6, 6.07) is 12.6. The van der Waals surface area contributed by atoms with Crippen molar-refractivity contribution in [2.45, 2.75) is 31.7 Å². The van der Waals surface area contributed by atoms with Gasteiger partial charge in [-0.15, -0.1) is 0 Å². The van der Waals surface area contributed by atoms with E-state index in [-0.39, 0.29) is 5.92 Å². The van der Waals surface area contributed by atoms with Gasteiger partial charge in [0.15, 0.2) is 0 Å². The monoisotopic (exact) mass is 339 g/mol. The number of aromatic nitrogens is 2. The van der Waals surface area contributed by atoms with Crippen molar-refractivity contribution in [3.05, 3.63) is 53.9 Å². The lowest BCUT2D eigenvalue weighted by atomic mass is 9.64. The molecule has 1 aromatic heterocycles. The van der Waals surface area contributed by atoms with Gasteiger partial charge in [-0.3, -0.25) is 14.4 Å². The summed E-state index contributed by atoms with van der Waals surface area (Å²) in [4.78, 5) is 14.5. The van der Waals surface area contributed by atoms with E-state index < -0.39 is 11.4 Å². The van der Waals surface area contributed by atoms with Gasteiger partial charge in [0.1, 0.15) is 0 Å². The van der Waals surface area contributed by atoms with E-state index in [1.165, 1.54) is 5.56 Å². The van der Waals surface area contributed by atoms with Crippen molar-refractivity contribution in [2.24, 2.45) is 18.4 Å². The molecule has 0 amide bonds. The van der Waals surface area contributed by atoms with Crippen LogP contribution in [0.2, 0.25) is 0 Å². The molecule has 3 atom stereocenters. The van der Waals surface area contributed by atoms with Crippen LogP contribution in [0.5, 0.6) is 0 Å². The lowest BCUT2D eigenvalue weighted by Gasteiger charge is -2.38. The summed E-state index contributed by atoms with van der Waals surface area (Å²) in [5, 5.41) is 14.2. The molecule has 1 aliphatic heterocycles. The fourth-order valence-corrected chi connectivity index (χ4v) is 4.84. The van der Waals surface area contributed by atoms with Gasteiger partial charge in [0.05, 0.1) is 11.1 Å². The van der Waals surface area contributed by atoms with Gasteiger partial charge in [-0.25, -0.2) is 0 Å². The highest BCUT2D eigenvalue weighted by atomic mass is 16.4. The first-order valence-corrected chi connectivity index (χ1v) is 9.06. The molecule has 1 aromatic carbocycles. The first-order valence-electron chi connectivity index (χ1n) is 9.06. The molecule has 1 N–H and O–H groups in total. The summed E-state index contributed by atoms with van der Waals surface area (Å²) >= 11 is 0. The van der Waals surface area contributed by atoms with E-state index >= 15 is 0 Å². The Morgan fingerprint density at radius 2 is 2.12 bits per heavy atom. The minimum absolute atomic E-state index is 0.220. The van der Waals surface area contributed by atoms with E-state index in [4.69, 9.17) is 0 Å². The van der Waals surface area contributed by atoms with Gasteiger partial charge >= 0.3 is 5.97 Å². The van der Waals surface area contributed by atoms with Gasteiger partial charge in [0, 0.05) is 32.9 Å². The fourth-order valence-electron chi connectivity index (χ4n) is 4.84. The van der Waals surface area contributed by atoms with Gasteiger partial charge in [-0.05, 0) is 42.7 Å². The topological polar surface area (TPSA) is 58.4 Å². The molecule has 0 unspecified atom stereocenters. The molecule has 2 heterocycles. The van der Waals surface area contributed by atoms with Gasteiger partial charge in [-0.2, -0.15) is 5.10 Å². The lowest BCUT2D eigenvalue weighted by Crippen LogP contribution is -2.42. The molecular formula is C20H25N3O2. The van der Waals surface area contributed by atoms with Crippen LogP contribution in [-0.4, -0.2) is 38.8 Å². The molecule has 0 radical (unpaired) electrons. The molecule has 0 spiro atoms. The number of aliphatic carboxylic acids is 1. The Morgan fingerprint density at radius 3 is 2.80 bits per heavy atom. The summed E-state index contributed by atoms with van der Waals surface area (Å²) < 4.78 is 1.88. The third-order valence-corrected chi connectivity index (χ3v) is 6.28. The van der Waals surface area contributed by atoms with Crippen molar-refractivity contribution in [1.82, 2.24) is 14.7 Å². The van der Waals surface area contributed by atoms with Crippen LogP contribution >= 0.6 is 0 Å². The Labute approximate surface area is 148 Å². The number of carbonyl (C=O) groups is 1. The second kappa shape index (κ2) is 6.30. The number of hydrogen-bond donors (Lipinski definition) is 1. The van der Waals surface area contributed by atoms with E-state index in [1.54, 1.807) is 6.20 Å². The van der Waals surface area contributed by atoms with Gasteiger partial charge in [0.25, 0.3) is 0 Å². The third-order valence-electron chi connectivity index (χ3n) is 6.28. The number of benzene rings is 1. The molecule has 5 heteroatoms. The normalized spacial score (nSPS) is 29.5. The number of carboxylic acid groups (broad SMARTS) is 1. The van der Waals surface area contributed by atoms with Gasteiger partial charge < -0.3 is 5.11 Å². The zero-order valence-electron chi connectivity index (χ0n) is 14.6. The Bertz CT molecular complexity index is 757. The Balaban J connectivity index is 1.54. The van der Waals surface area contributed by atoms with E-state index in [9.17, 15) is 9.90 Å². The number of rotatable bonds is 4. The van der Waals surface area contributed by atoms with Crippen LogP contribution in [0.25, 0.3) is 0 Å². The predicted molar refractivity (Wildman–Crippen MR) is 95.1 cm³/mol. The van der Waals surface area contributed by atoms with Crippen LogP contribution in [0.15, 0.2) is 42.6 Å². The minimum Gasteiger partial charge on any atom is -0.481 e. The van der Waals surface area contributed by atoms with Crippen molar-refractivity contribution in [3.8, 4) is 0 Å². The molecule has 2 fully saturated rings. The summed E-state index contributed by atoms with van der Waals surface area (Å²) in [6.45, 7) is 2.29. The minimum atomic E-state index is -0.614. The Hall–Kier alpha value is -2.14. The zero-order chi connectivity index (χ0) is 17.4. The molecule has 132 valence electrons. The Morgan fingerprint density at radius 1 is 1.32 bits per heavy atom. The molecule has 1 aliphatic carbocycles. The SMILES string of the molecule is Cn1nccc1CN1C[C@H]2C[C@H](c3ccccc3)CC[C@@]2(C(=O)O)C1. The van der Waals surface area contributed by atoms with E-state index in [2.05, 4.69) is 34.3 Å². The highest BCUT2D eigenvalue weighted by Gasteiger charge is 2.54. The first kappa shape index (κ1) is 16.3. The van der Waals surface area contributed by atoms with Crippen LogP contribution in [-0.2, 0) is 18.4 Å². The van der Waals surface area contributed by atoms with Crippen molar-refractivity contribution in [2.75, 3.05) is 13.1 Å². The van der Waals surface area contributed by atoms with Crippen molar-refractivity contribution < 1.29 is 9.90 Å². The third kappa shape index (κ3) is 2.86. The maximum absolute atomic E-state index is 12.2. The van der Waals surface area contributed by atoms with E-state index in [0.29, 0.717) is 12.5 Å². The summed E-state index contributed by atoms with van der Waals surface area (Å²) in [5.41, 5.74) is 1.91. The van der Waals surface area contributed by atoms with Gasteiger partial charge in [0.2, 0.25) is 0 Å². The second-order valence-electron chi connectivity index (χ2n) is 7.66. The summed E-state index contributed by atoms with van der Waals surface area (Å²) in [5.74, 6) is 0.0871. The molecule has 1 saturated carbocycles. The maximum Gasteiger partial charge on any atom is 0.311 e. The number of hydrogen-bond acceptors (Lipinski definition) is 3. The average molecular weight is 339 g/mol. The van der Waals surface area contributed by atoms with E-state index in [1.807, 2.05) is 23.9 Å². The van der Waals surface area contributed by atoms with Crippen molar-refractivity contribution in [3.63, 3.8) is 0 Å². The smallest absolute Gasteiger partial charge is 0.311 e. The largest absolute Gasteiger partial charge is 0.481 e. The zero-order valence-corrected chi connectivity index (χ0v) is 14.6. The predicted octanol–water partition coefficient (Wildman–Crippen LogP) is 2.89. The Kier molecular flexibility index (Phi) is 4.12. The first-order chi connectivity index (χ1) is 12.1. The highest BCUT2D eigenvalue weighted by Crippen LogP contribution is 2.51. The molecule has 25 heavy (non-hydrogen) atoms. The number of nitrogens with zero attached hydrogens (tertiary/aromatic N) is 3. The molecule has 2 aliphatic rings. The standard InChI is InChI=1S/C20H25N3O2/c1-22-18(8-10-21-22)13-23-12-17-11-16(15-5-3-2-4-6-15)7-9-20(17,14-23)19(24)25/h2-6,8,10,16-17H,7,9,11-14H2,1H3,(H,24,25)/t16-,17-,20-/m1/s1. The van der Waals surface area contributed by atoms with Gasteiger partial charge in [-0.1, -0.05) is 30.3 Å². The van der Waals surface area contributed by atoms with Crippen LogP contribution in [0.3, 0.4) is 0 Å². The number of carboxylic acids is 1. The highest BCUT2D eigenvalue weighted by molar-refractivity contribution is 5.76. The van der Waals surface area contributed by atoms with Crippen LogP contribution in [0.4, 0.5) is 0 Å². The molecule has 2 aromatic rings.